The molecular weight excluding hydrogens is 408 g/mol. The van der Waals surface area contributed by atoms with Gasteiger partial charge < -0.3 is 18.9 Å². The van der Waals surface area contributed by atoms with Crippen LogP contribution in [0.2, 0.25) is 0 Å². The fraction of sp³-hybridized carbons (Fsp3) is 0.481. The Morgan fingerprint density at radius 2 is 1.55 bits per heavy atom. The zero-order chi connectivity index (χ0) is 22.7. The van der Waals surface area contributed by atoms with Gasteiger partial charge in [0.05, 0.1) is 6.54 Å². The van der Waals surface area contributed by atoms with Crippen LogP contribution in [0, 0.1) is 6.92 Å². The van der Waals surface area contributed by atoms with E-state index < -0.39 is 0 Å². The smallest absolute Gasteiger partial charge is 0.140 e. The summed E-state index contributed by atoms with van der Waals surface area (Å²) in [6, 6.07) is 6.67. The Morgan fingerprint density at radius 3 is 2.33 bits per heavy atom. The maximum Gasteiger partial charge on any atom is 0.140 e. The van der Waals surface area contributed by atoms with Gasteiger partial charge in [0.15, 0.2) is 0 Å². The largest absolute Gasteiger partial charge is 0.332 e. The van der Waals surface area contributed by atoms with Crippen LogP contribution in [-0.2, 0) is 39.3 Å². The topological polar surface area (TPSA) is 42.1 Å². The van der Waals surface area contributed by atoms with E-state index in [0.29, 0.717) is 0 Å². The summed E-state index contributed by atoms with van der Waals surface area (Å²) in [6.45, 7) is 7.42. The lowest BCUT2D eigenvalue weighted by Gasteiger charge is -2.15. The number of rotatable bonds is 2. The molecule has 0 aromatic carbocycles. The van der Waals surface area contributed by atoms with Gasteiger partial charge in [0, 0.05) is 80.1 Å². The van der Waals surface area contributed by atoms with E-state index in [1.165, 1.54) is 38.9 Å². The minimum absolute atomic E-state index is 0.860. The first kappa shape index (κ1) is 20.9. The van der Waals surface area contributed by atoms with Crippen LogP contribution in [0.5, 0.6) is 0 Å². The number of nitrogens with zero attached hydrogens (tertiary/aromatic N) is 6. The molecule has 0 amide bonds. The molecule has 2 aliphatic rings. The van der Waals surface area contributed by atoms with Crippen LogP contribution in [0.3, 0.4) is 0 Å². The second-order valence-corrected chi connectivity index (χ2v) is 10.1. The molecule has 0 atom stereocenters. The van der Waals surface area contributed by atoms with E-state index in [9.17, 15) is 0 Å². The Kier molecular flexibility index (Phi) is 5.03. The first-order chi connectivity index (χ1) is 16.0. The predicted molar refractivity (Wildman–Crippen MR) is 134 cm³/mol. The van der Waals surface area contributed by atoms with E-state index >= 15 is 0 Å². The van der Waals surface area contributed by atoms with Gasteiger partial charge in [-0.15, -0.1) is 0 Å². The molecule has 4 aromatic rings. The van der Waals surface area contributed by atoms with E-state index in [-0.39, 0.29) is 0 Å². The van der Waals surface area contributed by atoms with Crippen molar-refractivity contribution in [2.45, 2.75) is 39.2 Å². The number of likely N-dealkylation sites (N-methyl/N-ethyl adjacent to an activating group) is 2. The van der Waals surface area contributed by atoms with Crippen molar-refractivity contribution in [1.29, 1.82) is 0 Å². The highest BCUT2D eigenvalue weighted by Gasteiger charge is 2.25. The highest BCUT2D eigenvalue weighted by atomic mass is 15.1. The van der Waals surface area contributed by atoms with Crippen molar-refractivity contribution < 1.29 is 0 Å². The average molecular weight is 443 g/mol. The van der Waals surface area contributed by atoms with Gasteiger partial charge >= 0.3 is 0 Å². The van der Waals surface area contributed by atoms with E-state index in [4.69, 9.17) is 9.97 Å². The van der Waals surface area contributed by atoms with Crippen molar-refractivity contribution in [3.63, 3.8) is 0 Å². The lowest BCUT2D eigenvalue weighted by molar-refractivity contribution is 0.351. The molecule has 0 unspecified atom stereocenters. The summed E-state index contributed by atoms with van der Waals surface area (Å²) in [5.74, 6) is 0. The summed E-state index contributed by atoms with van der Waals surface area (Å²) in [7, 11) is 6.68. The molecule has 0 spiro atoms. The molecule has 0 saturated carbocycles. The molecule has 0 fully saturated rings. The Labute approximate surface area is 195 Å². The highest BCUT2D eigenvalue weighted by Crippen LogP contribution is 2.34. The monoisotopic (exact) mass is 442 g/mol. The van der Waals surface area contributed by atoms with Gasteiger partial charge in [0.25, 0.3) is 0 Å². The highest BCUT2D eigenvalue weighted by molar-refractivity contribution is 5.87. The van der Waals surface area contributed by atoms with E-state index in [2.05, 4.69) is 65.2 Å². The SMILES string of the molecule is Cc1cc(Cn2c3c(c4cccnc42)CCN(C)CC3)c2c3c(n(C)c2n1)CCN(C)CC3. The van der Waals surface area contributed by atoms with Gasteiger partial charge in [0.1, 0.15) is 11.3 Å². The van der Waals surface area contributed by atoms with Crippen molar-refractivity contribution in [2.24, 2.45) is 7.05 Å². The maximum atomic E-state index is 5.01. The van der Waals surface area contributed by atoms with Gasteiger partial charge in [-0.05, 0) is 68.8 Å². The van der Waals surface area contributed by atoms with Gasteiger partial charge in [-0.25, -0.2) is 9.97 Å². The van der Waals surface area contributed by atoms with E-state index in [0.717, 1.165) is 75.4 Å². The predicted octanol–water partition coefficient (Wildman–Crippen LogP) is 3.34. The lowest BCUT2D eigenvalue weighted by atomic mass is 10.0. The van der Waals surface area contributed by atoms with E-state index in [1.807, 2.05) is 6.20 Å². The Balaban J connectivity index is 1.55. The molecule has 0 bridgehead atoms. The number of hydrogen-bond acceptors (Lipinski definition) is 4. The lowest BCUT2D eigenvalue weighted by Crippen LogP contribution is -2.21. The summed E-state index contributed by atoms with van der Waals surface area (Å²) < 4.78 is 4.88. The first-order valence-electron chi connectivity index (χ1n) is 12.3. The normalized spacial score (nSPS) is 17.8. The quantitative estimate of drug-likeness (QED) is 0.478. The second kappa shape index (κ2) is 7.96. The van der Waals surface area contributed by atoms with Crippen molar-refractivity contribution in [3.05, 3.63) is 58.2 Å². The standard InChI is InChI=1S/C27H34N6/c1-18-16-19(25-22-8-13-31(3)14-9-23(22)32(4)27(25)29-18)17-33-24-10-15-30(2)12-7-20(24)21-6-5-11-28-26(21)33/h5-6,11,16H,7-10,12-15,17H2,1-4H3. The Bertz CT molecular complexity index is 1360. The number of aryl methyl sites for hydroxylation is 2. The molecule has 0 N–H and O–H groups in total. The van der Waals surface area contributed by atoms with Crippen LogP contribution >= 0.6 is 0 Å². The summed E-state index contributed by atoms with van der Waals surface area (Å²) in [5.41, 5.74) is 10.7. The second-order valence-electron chi connectivity index (χ2n) is 10.1. The van der Waals surface area contributed by atoms with Crippen LogP contribution in [-0.4, -0.2) is 69.2 Å². The van der Waals surface area contributed by atoms with Crippen LogP contribution in [0.15, 0.2) is 24.4 Å². The molecule has 33 heavy (non-hydrogen) atoms. The number of hydrogen-bond donors (Lipinski definition) is 0. The third-order valence-corrected chi connectivity index (χ3v) is 7.90. The fourth-order valence-electron chi connectivity index (χ4n) is 6.10. The van der Waals surface area contributed by atoms with Crippen molar-refractivity contribution in [1.82, 2.24) is 28.9 Å². The van der Waals surface area contributed by atoms with Crippen LogP contribution in [0.25, 0.3) is 22.1 Å². The molecule has 0 radical (unpaired) electrons. The number of aromatic nitrogens is 4. The fourth-order valence-corrected chi connectivity index (χ4v) is 6.10. The van der Waals surface area contributed by atoms with Crippen molar-refractivity contribution in [3.8, 4) is 0 Å². The van der Waals surface area contributed by atoms with Crippen LogP contribution in [0.4, 0.5) is 0 Å². The minimum atomic E-state index is 0.860. The average Bonchev–Trinajstić information content (AvgIpc) is 3.03. The summed E-state index contributed by atoms with van der Waals surface area (Å²) in [5, 5.41) is 2.71. The maximum absolute atomic E-state index is 5.01. The van der Waals surface area contributed by atoms with Crippen LogP contribution < -0.4 is 0 Å². The number of pyridine rings is 2. The molecule has 6 heterocycles. The van der Waals surface area contributed by atoms with Crippen molar-refractivity contribution in [2.75, 3.05) is 40.3 Å². The van der Waals surface area contributed by atoms with Gasteiger partial charge in [-0.2, -0.15) is 0 Å². The minimum Gasteiger partial charge on any atom is -0.332 e. The number of fused-ring (bicyclic) bond motifs is 6. The molecule has 6 nitrogen and oxygen atoms in total. The zero-order valence-electron chi connectivity index (χ0n) is 20.4. The summed E-state index contributed by atoms with van der Waals surface area (Å²) in [4.78, 5) is 14.8. The zero-order valence-corrected chi connectivity index (χ0v) is 20.4. The molecule has 4 aromatic heterocycles. The third kappa shape index (κ3) is 3.39. The van der Waals surface area contributed by atoms with Crippen LogP contribution in [0.1, 0.15) is 33.8 Å². The molecule has 172 valence electrons. The molecule has 0 saturated heterocycles. The van der Waals surface area contributed by atoms with Gasteiger partial charge in [0.2, 0.25) is 0 Å². The first-order valence-corrected chi connectivity index (χ1v) is 12.3. The van der Waals surface area contributed by atoms with Gasteiger partial charge in [-0.1, -0.05) is 0 Å². The van der Waals surface area contributed by atoms with E-state index in [1.54, 1.807) is 0 Å². The van der Waals surface area contributed by atoms with Crippen molar-refractivity contribution >= 4 is 22.1 Å². The van der Waals surface area contributed by atoms with Gasteiger partial charge in [-0.3, -0.25) is 0 Å². The Hall–Kier alpha value is -2.70. The third-order valence-electron chi connectivity index (χ3n) is 7.90. The molecule has 0 aliphatic carbocycles. The molecule has 6 rings (SSSR count). The molecule has 2 aliphatic heterocycles. The Morgan fingerprint density at radius 1 is 0.848 bits per heavy atom. The molecule has 6 heteroatoms. The summed E-state index contributed by atoms with van der Waals surface area (Å²) >= 11 is 0. The summed E-state index contributed by atoms with van der Waals surface area (Å²) in [6.07, 6.45) is 6.30. The molecular formula is C27H34N6.